The minimum Gasteiger partial charge on any atom is -0.347 e. The van der Waals surface area contributed by atoms with Gasteiger partial charge in [0, 0.05) is 23.5 Å². The third kappa shape index (κ3) is 4.55. The highest BCUT2D eigenvalue weighted by Crippen LogP contribution is 2.16. The second-order valence-corrected chi connectivity index (χ2v) is 7.74. The van der Waals surface area contributed by atoms with Gasteiger partial charge in [-0.25, -0.2) is 8.42 Å². The van der Waals surface area contributed by atoms with Gasteiger partial charge < -0.3 is 5.32 Å². The summed E-state index contributed by atoms with van der Waals surface area (Å²) in [6.45, 7) is 5.85. The lowest BCUT2D eigenvalue weighted by molar-refractivity contribution is 0.0911. The first-order valence-electron chi connectivity index (χ1n) is 7.59. The molecule has 0 bridgehead atoms. The number of rotatable bonds is 6. The van der Waals surface area contributed by atoms with Gasteiger partial charge in [-0.3, -0.25) is 14.5 Å². The minimum atomic E-state index is -3.71. The van der Waals surface area contributed by atoms with Crippen molar-refractivity contribution < 1.29 is 13.2 Å². The Balaban J connectivity index is 2.15. The number of pyridine rings is 1. The number of hydrogen-bond acceptors (Lipinski definition) is 4. The normalized spacial score (nSPS) is 11.8. The highest BCUT2D eigenvalue weighted by atomic mass is 32.2. The Morgan fingerprint density at radius 1 is 1.08 bits per heavy atom. The Labute approximate surface area is 142 Å². The van der Waals surface area contributed by atoms with Crippen LogP contribution in [0.4, 0.5) is 5.69 Å². The number of sulfonamides is 1. The molecular formula is C17H21N3O3S. The number of nitrogens with zero attached hydrogens (tertiary/aromatic N) is 1. The lowest BCUT2D eigenvalue weighted by Gasteiger charge is -2.24. The quantitative estimate of drug-likeness (QED) is 0.841. The SMILES string of the molecule is CCC(C)(C)NC(=O)c1ccc(S(=O)(=O)Nc2ccncc2)cc1. The molecular weight excluding hydrogens is 326 g/mol. The van der Waals surface area contributed by atoms with Crippen molar-refractivity contribution in [2.75, 3.05) is 4.72 Å². The van der Waals surface area contributed by atoms with Gasteiger partial charge in [0.1, 0.15) is 0 Å². The average molecular weight is 347 g/mol. The van der Waals surface area contributed by atoms with Crippen LogP contribution >= 0.6 is 0 Å². The third-order valence-corrected chi connectivity index (χ3v) is 5.09. The number of nitrogens with one attached hydrogen (secondary N) is 2. The van der Waals surface area contributed by atoms with Gasteiger partial charge in [0.2, 0.25) is 0 Å². The Morgan fingerprint density at radius 2 is 1.67 bits per heavy atom. The molecule has 0 aliphatic heterocycles. The number of benzene rings is 1. The molecule has 2 aromatic rings. The third-order valence-electron chi connectivity index (χ3n) is 3.70. The van der Waals surface area contributed by atoms with Crippen LogP contribution in [0.2, 0.25) is 0 Å². The van der Waals surface area contributed by atoms with E-state index in [9.17, 15) is 13.2 Å². The first-order valence-corrected chi connectivity index (χ1v) is 9.07. The van der Waals surface area contributed by atoms with E-state index in [0.717, 1.165) is 6.42 Å². The first kappa shape index (κ1) is 17.9. The second kappa shape index (κ2) is 7.00. The molecule has 0 aliphatic carbocycles. The molecule has 1 aromatic heterocycles. The molecule has 7 heteroatoms. The van der Waals surface area contributed by atoms with Gasteiger partial charge in [0.15, 0.2) is 0 Å². The van der Waals surface area contributed by atoms with Crippen LogP contribution in [0.15, 0.2) is 53.7 Å². The summed E-state index contributed by atoms with van der Waals surface area (Å²) >= 11 is 0. The first-order chi connectivity index (χ1) is 11.2. The fraction of sp³-hybridized carbons (Fsp3) is 0.294. The number of amides is 1. The summed E-state index contributed by atoms with van der Waals surface area (Å²) in [6.07, 6.45) is 3.79. The van der Waals surface area contributed by atoms with Crippen molar-refractivity contribution in [3.05, 3.63) is 54.4 Å². The maximum Gasteiger partial charge on any atom is 0.261 e. The molecule has 0 atom stereocenters. The van der Waals surface area contributed by atoms with Gasteiger partial charge in [-0.05, 0) is 56.7 Å². The van der Waals surface area contributed by atoms with Crippen molar-refractivity contribution in [3.8, 4) is 0 Å². The second-order valence-electron chi connectivity index (χ2n) is 6.06. The maximum atomic E-state index is 12.3. The average Bonchev–Trinajstić information content (AvgIpc) is 2.55. The van der Waals surface area contributed by atoms with Gasteiger partial charge in [-0.15, -0.1) is 0 Å². The predicted molar refractivity (Wildman–Crippen MR) is 93.3 cm³/mol. The van der Waals surface area contributed by atoms with Crippen LogP contribution < -0.4 is 10.0 Å². The zero-order chi connectivity index (χ0) is 17.8. The molecule has 0 unspecified atom stereocenters. The number of hydrogen-bond donors (Lipinski definition) is 2. The number of aromatic nitrogens is 1. The fourth-order valence-electron chi connectivity index (χ4n) is 1.89. The van der Waals surface area contributed by atoms with Crippen molar-refractivity contribution in [2.45, 2.75) is 37.6 Å². The molecule has 1 aromatic carbocycles. The van der Waals surface area contributed by atoms with Crippen LogP contribution in [-0.4, -0.2) is 24.8 Å². The standard InChI is InChI=1S/C17H21N3O3S/c1-4-17(2,3)19-16(21)13-5-7-15(8-6-13)24(22,23)20-14-9-11-18-12-10-14/h5-12H,4H2,1-3H3,(H,18,20)(H,19,21). The van der Waals surface area contributed by atoms with Gasteiger partial charge in [0.25, 0.3) is 15.9 Å². The summed E-state index contributed by atoms with van der Waals surface area (Å²) < 4.78 is 27.1. The van der Waals surface area contributed by atoms with E-state index in [4.69, 9.17) is 0 Å². The summed E-state index contributed by atoms with van der Waals surface area (Å²) in [4.78, 5) is 16.1. The highest BCUT2D eigenvalue weighted by molar-refractivity contribution is 7.92. The predicted octanol–water partition coefficient (Wildman–Crippen LogP) is 2.80. The smallest absolute Gasteiger partial charge is 0.261 e. The topological polar surface area (TPSA) is 88.2 Å². The lowest BCUT2D eigenvalue weighted by Crippen LogP contribution is -2.42. The van der Waals surface area contributed by atoms with E-state index >= 15 is 0 Å². The molecule has 0 spiro atoms. The minimum absolute atomic E-state index is 0.0885. The van der Waals surface area contributed by atoms with Crippen LogP contribution in [0.1, 0.15) is 37.6 Å². The van der Waals surface area contributed by atoms with Crippen molar-refractivity contribution in [1.82, 2.24) is 10.3 Å². The molecule has 1 amide bonds. The monoisotopic (exact) mass is 347 g/mol. The van der Waals surface area contributed by atoms with E-state index in [0.29, 0.717) is 11.3 Å². The Hall–Kier alpha value is -2.41. The van der Waals surface area contributed by atoms with Gasteiger partial charge in [-0.1, -0.05) is 6.92 Å². The molecule has 0 saturated carbocycles. The van der Waals surface area contributed by atoms with Crippen molar-refractivity contribution >= 4 is 21.6 Å². The molecule has 6 nitrogen and oxygen atoms in total. The Bertz CT molecular complexity index is 801. The lowest BCUT2D eigenvalue weighted by atomic mass is 10.0. The largest absolute Gasteiger partial charge is 0.347 e. The Kier molecular flexibility index (Phi) is 5.23. The van der Waals surface area contributed by atoms with Crippen LogP contribution in [0, 0.1) is 0 Å². The molecule has 1 heterocycles. The van der Waals surface area contributed by atoms with E-state index in [2.05, 4.69) is 15.0 Å². The zero-order valence-electron chi connectivity index (χ0n) is 13.9. The Morgan fingerprint density at radius 3 is 2.21 bits per heavy atom. The molecule has 128 valence electrons. The molecule has 0 radical (unpaired) electrons. The summed E-state index contributed by atoms with van der Waals surface area (Å²) in [6, 6.07) is 8.96. The summed E-state index contributed by atoms with van der Waals surface area (Å²) in [5.74, 6) is -0.229. The molecule has 2 N–H and O–H groups in total. The zero-order valence-corrected chi connectivity index (χ0v) is 14.7. The van der Waals surface area contributed by atoms with E-state index in [1.807, 2.05) is 20.8 Å². The summed E-state index contributed by atoms with van der Waals surface area (Å²) in [5, 5.41) is 2.91. The summed E-state index contributed by atoms with van der Waals surface area (Å²) in [7, 11) is -3.71. The number of carbonyl (C=O) groups excluding carboxylic acids is 1. The van der Waals surface area contributed by atoms with Crippen molar-refractivity contribution in [1.29, 1.82) is 0 Å². The van der Waals surface area contributed by atoms with Crippen molar-refractivity contribution in [2.24, 2.45) is 0 Å². The molecule has 2 rings (SSSR count). The van der Waals surface area contributed by atoms with E-state index in [1.54, 1.807) is 12.1 Å². The van der Waals surface area contributed by atoms with E-state index in [-0.39, 0.29) is 16.3 Å². The number of anilines is 1. The van der Waals surface area contributed by atoms with Crippen molar-refractivity contribution in [3.63, 3.8) is 0 Å². The van der Waals surface area contributed by atoms with Crippen LogP contribution in [-0.2, 0) is 10.0 Å². The van der Waals surface area contributed by atoms with Crippen LogP contribution in [0.25, 0.3) is 0 Å². The molecule has 0 fully saturated rings. The van der Waals surface area contributed by atoms with E-state index < -0.39 is 10.0 Å². The van der Waals surface area contributed by atoms with Gasteiger partial charge >= 0.3 is 0 Å². The molecule has 0 aliphatic rings. The fourth-order valence-corrected chi connectivity index (χ4v) is 2.95. The number of carbonyl (C=O) groups is 1. The van der Waals surface area contributed by atoms with Crippen LogP contribution in [0.5, 0.6) is 0 Å². The van der Waals surface area contributed by atoms with Gasteiger partial charge in [-0.2, -0.15) is 0 Å². The van der Waals surface area contributed by atoms with Gasteiger partial charge in [0.05, 0.1) is 10.6 Å². The highest BCUT2D eigenvalue weighted by Gasteiger charge is 2.20. The van der Waals surface area contributed by atoms with E-state index in [1.165, 1.54) is 36.7 Å². The maximum absolute atomic E-state index is 12.3. The molecule has 24 heavy (non-hydrogen) atoms. The molecule has 0 saturated heterocycles. The van der Waals surface area contributed by atoms with Crippen LogP contribution in [0.3, 0.4) is 0 Å². The summed E-state index contributed by atoms with van der Waals surface area (Å²) in [5.41, 5.74) is 0.529.